The van der Waals surface area contributed by atoms with Crippen LogP contribution in [0.5, 0.6) is 5.75 Å². The Morgan fingerprint density at radius 2 is 2.41 bits per heavy atom. The van der Waals surface area contributed by atoms with Gasteiger partial charge in [0, 0.05) is 12.0 Å². The van der Waals surface area contributed by atoms with Crippen molar-refractivity contribution < 1.29 is 9.53 Å². The molecule has 1 aliphatic rings. The van der Waals surface area contributed by atoms with E-state index in [2.05, 4.69) is 20.5 Å². The standard InChI is InChI=1S/C11H10N4O2/c16-10(14-11-12-6-13-15-11)8-1-2-9-7(5-8)3-4-17-9/h1-2,5-6H,3-4H2,(H2,12,13,14,15,16). The van der Waals surface area contributed by atoms with Crippen LogP contribution in [-0.4, -0.2) is 27.7 Å². The van der Waals surface area contributed by atoms with Crippen LogP contribution in [0, 0.1) is 0 Å². The van der Waals surface area contributed by atoms with Gasteiger partial charge in [-0.3, -0.25) is 10.1 Å². The first-order valence-electron chi connectivity index (χ1n) is 5.25. The molecule has 1 aliphatic heterocycles. The smallest absolute Gasteiger partial charge is 0.258 e. The van der Waals surface area contributed by atoms with E-state index in [4.69, 9.17) is 4.74 Å². The van der Waals surface area contributed by atoms with Crippen molar-refractivity contribution in [1.29, 1.82) is 0 Å². The molecule has 1 aromatic carbocycles. The zero-order valence-electron chi connectivity index (χ0n) is 8.93. The Morgan fingerprint density at radius 3 is 3.24 bits per heavy atom. The Kier molecular flexibility index (Phi) is 2.25. The predicted molar refractivity (Wildman–Crippen MR) is 60.0 cm³/mol. The molecule has 1 aromatic heterocycles. The van der Waals surface area contributed by atoms with Gasteiger partial charge in [-0.25, -0.2) is 5.10 Å². The Morgan fingerprint density at radius 1 is 1.47 bits per heavy atom. The molecule has 86 valence electrons. The number of ether oxygens (including phenoxy) is 1. The largest absolute Gasteiger partial charge is 0.493 e. The van der Waals surface area contributed by atoms with Crippen molar-refractivity contribution in [2.75, 3.05) is 11.9 Å². The van der Waals surface area contributed by atoms with Gasteiger partial charge in [0.1, 0.15) is 12.1 Å². The van der Waals surface area contributed by atoms with E-state index in [1.54, 1.807) is 6.07 Å². The molecule has 6 heteroatoms. The summed E-state index contributed by atoms with van der Waals surface area (Å²) in [5, 5.41) is 8.85. The van der Waals surface area contributed by atoms with Gasteiger partial charge in [-0.1, -0.05) is 0 Å². The van der Waals surface area contributed by atoms with Crippen molar-refractivity contribution in [1.82, 2.24) is 15.2 Å². The predicted octanol–water partition coefficient (Wildman–Crippen LogP) is 0.992. The number of hydrogen-bond donors (Lipinski definition) is 2. The molecule has 2 aromatic rings. The number of fused-ring (bicyclic) bond motifs is 1. The number of benzene rings is 1. The first-order valence-corrected chi connectivity index (χ1v) is 5.25. The fourth-order valence-electron chi connectivity index (χ4n) is 1.77. The fourth-order valence-corrected chi connectivity index (χ4v) is 1.77. The zero-order valence-corrected chi connectivity index (χ0v) is 8.93. The number of hydrogen-bond acceptors (Lipinski definition) is 4. The van der Waals surface area contributed by atoms with Crippen LogP contribution in [0.3, 0.4) is 0 Å². The SMILES string of the molecule is O=C(Nc1ncn[nH]1)c1ccc2c(c1)CCO2. The summed E-state index contributed by atoms with van der Waals surface area (Å²) in [6, 6.07) is 5.39. The molecule has 2 heterocycles. The second-order valence-electron chi connectivity index (χ2n) is 3.71. The minimum Gasteiger partial charge on any atom is -0.493 e. The number of rotatable bonds is 2. The number of nitrogens with one attached hydrogen (secondary N) is 2. The van der Waals surface area contributed by atoms with Gasteiger partial charge in [0.05, 0.1) is 6.61 Å². The van der Waals surface area contributed by atoms with E-state index in [1.165, 1.54) is 6.33 Å². The highest BCUT2D eigenvalue weighted by atomic mass is 16.5. The van der Waals surface area contributed by atoms with Gasteiger partial charge >= 0.3 is 0 Å². The van der Waals surface area contributed by atoms with Crippen molar-refractivity contribution in [3.63, 3.8) is 0 Å². The number of carbonyl (C=O) groups excluding carboxylic acids is 1. The average Bonchev–Trinajstić information content (AvgIpc) is 2.97. The molecule has 0 radical (unpaired) electrons. The minimum absolute atomic E-state index is 0.212. The van der Waals surface area contributed by atoms with Gasteiger partial charge in [0.2, 0.25) is 5.95 Å². The van der Waals surface area contributed by atoms with Crippen LogP contribution in [0.2, 0.25) is 0 Å². The maximum atomic E-state index is 11.9. The zero-order chi connectivity index (χ0) is 11.7. The number of nitrogens with zero attached hydrogens (tertiary/aromatic N) is 2. The third-order valence-electron chi connectivity index (χ3n) is 2.60. The fraction of sp³-hybridized carbons (Fsp3) is 0.182. The molecule has 6 nitrogen and oxygen atoms in total. The lowest BCUT2D eigenvalue weighted by Gasteiger charge is -2.03. The second kappa shape index (κ2) is 3.89. The van der Waals surface area contributed by atoms with Crippen molar-refractivity contribution >= 4 is 11.9 Å². The van der Waals surface area contributed by atoms with E-state index < -0.39 is 0 Å². The maximum absolute atomic E-state index is 11.9. The molecule has 0 saturated heterocycles. The highest BCUT2D eigenvalue weighted by molar-refractivity contribution is 6.03. The molecule has 0 unspecified atom stereocenters. The molecule has 2 N–H and O–H groups in total. The van der Waals surface area contributed by atoms with Crippen LogP contribution >= 0.6 is 0 Å². The molecular weight excluding hydrogens is 220 g/mol. The lowest BCUT2D eigenvalue weighted by molar-refractivity contribution is 0.102. The summed E-state index contributed by atoms with van der Waals surface area (Å²) in [6.07, 6.45) is 2.19. The molecule has 17 heavy (non-hydrogen) atoms. The maximum Gasteiger partial charge on any atom is 0.258 e. The topological polar surface area (TPSA) is 79.9 Å². The molecule has 0 bridgehead atoms. The van der Waals surface area contributed by atoms with Crippen LogP contribution in [0.15, 0.2) is 24.5 Å². The molecular formula is C11H10N4O2. The number of amides is 1. The summed E-state index contributed by atoms with van der Waals surface area (Å²) >= 11 is 0. The van der Waals surface area contributed by atoms with E-state index in [0.717, 1.165) is 17.7 Å². The molecule has 3 rings (SSSR count). The van der Waals surface area contributed by atoms with Crippen molar-refractivity contribution in [2.24, 2.45) is 0 Å². The monoisotopic (exact) mass is 230 g/mol. The number of aromatic amines is 1. The Bertz CT molecular complexity index is 551. The van der Waals surface area contributed by atoms with Gasteiger partial charge in [-0.2, -0.15) is 10.1 Å². The number of carbonyl (C=O) groups is 1. The van der Waals surface area contributed by atoms with Crippen molar-refractivity contribution in [3.05, 3.63) is 35.7 Å². The quantitative estimate of drug-likeness (QED) is 0.806. The van der Waals surface area contributed by atoms with Gasteiger partial charge in [0.15, 0.2) is 0 Å². The highest BCUT2D eigenvalue weighted by Crippen LogP contribution is 2.25. The van der Waals surface area contributed by atoms with E-state index in [9.17, 15) is 4.79 Å². The Labute approximate surface area is 97.0 Å². The van der Waals surface area contributed by atoms with Crippen molar-refractivity contribution in [3.8, 4) is 5.75 Å². The van der Waals surface area contributed by atoms with Crippen molar-refractivity contribution in [2.45, 2.75) is 6.42 Å². The van der Waals surface area contributed by atoms with E-state index in [-0.39, 0.29) is 5.91 Å². The molecule has 1 amide bonds. The summed E-state index contributed by atoms with van der Waals surface area (Å²) in [7, 11) is 0. The molecule has 0 aliphatic carbocycles. The van der Waals surface area contributed by atoms with Crippen LogP contribution in [-0.2, 0) is 6.42 Å². The van der Waals surface area contributed by atoms with Gasteiger partial charge in [-0.15, -0.1) is 0 Å². The molecule has 0 saturated carbocycles. The van der Waals surface area contributed by atoms with Crippen LogP contribution in [0.4, 0.5) is 5.95 Å². The summed E-state index contributed by atoms with van der Waals surface area (Å²) in [5.74, 6) is 0.990. The molecule has 0 fully saturated rings. The summed E-state index contributed by atoms with van der Waals surface area (Å²) in [6.45, 7) is 0.683. The minimum atomic E-state index is -0.212. The second-order valence-corrected chi connectivity index (χ2v) is 3.71. The lowest BCUT2D eigenvalue weighted by Crippen LogP contribution is -2.13. The normalized spacial score (nSPS) is 12.9. The van der Waals surface area contributed by atoms with Crippen LogP contribution in [0.1, 0.15) is 15.9 Å². The van der Waals surface area contributed by atoms with E-state index in [0.29, 0.717) is 18.1 Å². The Balaban J connectivity index is 1.82. The summed E-state index contributed by atoms with van der Waals surface area (Å²) < 4.78 is 5.38. The summed E-state index contributed by atoms with van der Waals surface area (Å²) in [5.41, 5.74) is 1.65. The summed E-state index contributed by atoms with van der Waals surface area (Å²) in [4.78, 5) is 15.7. The number of H-pyrrole nitrogens is 1. The Hall–Kier alpha value is -2.37. The molecule has 0 atom stereocenters. The third kappa shape index (κ3) is 1.84. The number of anilines is 1. The van der Waals surface area contributed by atoms with E-state index in [1.807, 2.05) is 12.1 Å². The van der Waals surface area contributed by atoms with Crippen LogP contribution < -0.4 is 10.1 Å². The third-order valence-corrected chi connectivity index (χ3v) is 2.60. The van der Waals surface area contributed by atoms with Gasteiger partial charge in [-0.05, 0) is 23.8 Å². The lowest BCUT2D eigenvalue weighted by atomic mass is 10.1. The molecule has 0 spiro atoms. The first-order chi connectivity index (χ1) is 8.33. The van der Waals surface area contributed by atoms with Gasteiger partial charge in [0.25, 0.3) is 5.91 Å². The number of aromatic nitrogens is 3. The average molecular weight is 230 g/mol. The first kappa shape index (κ1) is 9.83. The van der Waals surface area contributed by atoms with Gasteiger partial charge < -0.3 is 4.74 Å². The van der Waals surface area contributed by atoms with Crippen LogP contribution in [0.25, 0.3) is 0 Å². The van der Waals surface area contributed by atoms with E-state index >= 15 is 0 Å². The highest BCUT2D eigenvalue weighted by Gasteiger charge is 2.15.